The minimum absolute atomic E-state index is 0.0236. The summed E-state index contributed by atoms with van der Waals surface area (Å²) in [6.45, 7) is 6.53. The van der Waals surface area contributed by atoms with Gasteiger partial charge in [-0.05, 0) is 64.2 Å². The quantitative estimate of drug-likeness (QED) is 0.440. The second kappa shape index (κ2) is 12.6. The molecule has 2 heterocycles. The maximum atomic E-state index is 13.9. The summed E-state index contributed by atoms with van der Waals surface area (Å²) >= 11 is 0. The van der Waals surface area contributed by atoms with Crippen LogP contribution in [0, 0.1) is 0 Å². The van der Waals surface area contributed by atoms with Gasteiger partial charge in [-0.15, -0.1) is 0 Å². The van der Waals surface area contributed by atoms with Crippen LogP contribution in [0.3, 0.4) is 0 Å². The third-order valence-corrected chi connectivity index (χ3v) is 9.00. The number of amides is 1. The van der Waals surface area contributed by atoms with Crippen molar-refractivity contribution < 1.29 is 32.2 Å². The summed E-state index contributed by atoms with van der Waals surface area (Å²) in [6, 6.07) is 16.8. The van der Waals surface area contributed by atoms with E-state index in [2.05, 4.69) is 0 Å². The van der Waals surface area contributed by atoms with Gasteiger partial charge in [0.15, 0.2) is 16.1 Å². The van der Waals surface area contributed by atoms with Crippen LogP contribution in [-0.4, -0.2) is 68.5 Å². The van der Waals surface area contributed by atoms with Crippen molar-refractivity contribution in [3.63, 3.8) is 0 Å². The summed E-state index contributed by atoms with van der Waals surface area (Å²) < 4.78 is 51.3. The van der Waals surface area contributed by atoms with Crippen LogP contribution in [0.1, 0.15) is 52.0 Å². The van der Waals surface area contributed by atoms with E-state index < -0.39 is 45.2 Å². The summed E-state index contributed by atoms with van der Waals surface area (Å²) in [6.07, 6.45) is 1.91. The zero-order chi connectivity index (χ0) is 27.2. The normalized spacial score (nSPS) is 24.3. The average molecular weight is 546 g/mol. The second-order valence-electron chi connectivity index (χ2n) is 10.9. The number of hydrogen-bond acceptors (Lipinski definition) is 7. The molecule has 2 aliphatic rings. The highest BCUT2D eigenvalue weighted by atomic mass is 32.2. The zero-order valence-electron chi connectivity index (χ0n) is 22.5. The van der Waals surface area contributed by atoms with E-state index in [9.17, 15) is 13.2 Å². The monoisotopic (exact) mass is 545 g/mol. The maximum Gasteiger partial charge on any atom is 0.410 e. The van der Waals surface area contributed by atoms with Crippen LogP contribution < -0.4 is 0 Å². The smallest absolute Gasteiger partial charge is 0.410 e. The molecule has 0 saturated carbocycles. The first-order valence-corrected chi connectivity index (χ1v) is 14.8. The van der Waals surface area contributed by atoms with E-state index in [0.717, 1.165) is 24.8 Å². The minimum Gasteiger partial charge on any atom is -0.444 e. The molecule has 0 N–H and O–H groups in total. The van der Waals surface area contributed by atoms with E-state index >= 15 is 0 Å². The van der Waals surface area contributed by atoms with Gasteiger partial charge in [0.1, 0.15) is 5.60 Å². The van der Waals surface area contributed by atoms with Gasteiger partial charge in [0.2, 0.25) is 0 Å². The molecule has 2 aliphatic heterocycles. The summed E-state index contributed by atoms with van der Waals surface area (Å²) in [5, 5.41) is -0.883. The molecule has 2 aromatic rings. The molecule has 1 amide bonds. The van der Waals surface area contributed by atoms with Crippen LogP contribution in [0.2, 0.25) is 0 Å². The Labute approximate surface area is 226 Å². The van der Waals surface area contributed by atoms with Crippen molar-refractivity contribution in [1.29, 1.82) is 0 Å². The fraction of sp³-hybridized carbons (Fsp3) is 0.552. The van der Waals surface area contributed by atoms with E-state index in [4.69, 9.17) is 18.9 Å². The van der Waals surface area contributed by atoms with E-state index in [1.165, 1.54) is 4.90 Å². The highest BCUT2D eigenvalue weighted by Crippen LogP contribution is 2.35. The standard InChI is InChI=1S/C29H39NO7S/c1-29(2,3)37-28(31)30-23(20-34-19-22-12-6-4-7-13-22)18-26(38(32,33)24-14-8-5-9-15-24)25(30)21-36-27-16-10-11-17-35-27/h4-9,12-15,23,25-27H,10-11,16-21H2,1-3H3/t23-,25+,26+,27?/m0/s1. The molecule has 0 spiro atoms. The largest absolute Gasteiger partial charge is 0.444 e. The number of ether oxygens (including phenoxy) is 4. The lowest BCUT2D eigenvalue weighted by Gasteiger charge is -2.34. The van der Waals surface area contributed by atoms with Crippen LogP contribution in [0.4, 0.5) is 4.79 Å². The van der Waals surface area contributed by atoms with Crippen molar-refractivity contribution in [3.8, 4) is 0 Å². The Morgan fingerprint density at radius 1 is 1.00 bits per heavy atom. The fourth-order valence-corrected chi connectivity index (χ4v) is 6.96. The molecule has 0 aromatic heterocycles. The van der Waals surface area contributed by atoms with Crippen molar-refractivity contribution >= 4 is 15.9 Å². The number of nitrogens with zero attached hydrogens (tertiary/aromatic N) is 1. The van der Waals surface area contributed by atoms with Crippen molar-refractivity contribution in [2.24, 2.45) is 0 Å². The van der Waals surface area contributed by atoms with E-state index in [1.54, 1.807) is 51.1 Å². The van der Waals surface area contributed by atoms with Crippen LogP contribution in [0.15, 0.2) is 65.6 Å². The third-order valence-electron chi connectivity index (χ3n) is 6.77. The molecule has 2 saturated heterocycles. The average Bonchev–Trinajstić information content (AvgIpc) is 3.27. The minimum atomic E-state index is -3.79. The Kier molecular flexibility index (Phi) is 9.46. The Morgan fingerprint density at radius 3 is 2.32 bits per heavy atom. The van der Waals surface area contributed by atoms with Gasteiger partial charge in [0.05, 0.1) is 42.0 Å². The SMILES string of the molecule is CC(C)(C)OC(=O)N1[C@H](COCc2ccccc2)C[C@@H](S(=O)(=O)c2ccccc2)[C@H]1COC1CCCCO1. The van der Waals surface area contributed by atoms with Gasteiger partial charge in [0, 0.05) is 6.61 Å². The molecule has 208 valence electrons. The zero-order valence-corrected chi connectivity index (χ0v) is 23.3. The molecule has 4 rings (SSSR count). The molecule has 2 fully saturated rings. The van der Waals surface area contributed by atoms with Crippen LogP contribution in [0.25, 0.3) is 0 Å². The summed E-state index contributed by atoms with van der Waals surface area (Å²) in [7, 11) is -3.79. The molecule has 8 nitrogen and oxygen atoms in total. The molecule has 4 atom stereocenters. The molecule has 0 aliphatic carbocycles. The molecule has 0 radical (unpaired) electrons. The third kappa shape index (κ3) is 7.34. The second-order valence-corrected chi connectivity index (χ2v) is 13.0. The number of carbonyl (C=O) groups is 1. The van der Waals surface area contributed by atoms with Gasteiger partial charge in [-0.1, -0.05) is 48.5 Å². The molecule has 38 heavy (non-hydrogen) atoms. The topological polar surface area (TPSA) is 91.4 Å². The summed E-state index contributed by atoms with van der Waals surface area (Å²) in [5.41, 5.74) is 0.248. The van der Waals surface area contributed by atoms with Crippen molar-refractivity contribution in [2.75, 3.05) is 19.8 Å². The molecular weight excluding hydrogens is 506 g/mol. The highest BCUT2D eigenvalue weighted by molar-refractivity contribution is 7.92. The highest BCUT2D eigenvalue weighted by Gasteiger charge is 2.51. The maximum absolute atomic E-state index is 13.9. The van der Waals surface area contributed by atoms with Gasteiger partial charge in [0.25, 0.3) is 0 Å². The van der Waals surface area contributed by atoms with Crippen LogP contribution in [-0.2, 0) is 35.4 Å². The summed E-state index contributed by atoms with van der Waals surface area (Å²) in [5.74, 6) is 0. The van der Waals surface area contributed by atoms with E-state index in [-0.39, 0.29) is 24.5 Å². The van der Waals surface area contributed by atoms with Crippen LogP contribution in [0.5, 0.6) is 0 Å². The van der Waals surface area contributed by atoms with Crippen molar-refractivity contribution in [3.05, 3.63) is 66.2 Å². The van der Waals surface area contributed by atoms with Crippen molar-refractivity contribution in [1.82, 2.24) is 4.90 Å². The molecule has 9 heteroatoms. The Balaban J connectivity index is 1.61. The van der Waals surface area contributed by atoms with E-state index in [1.807, 2.05) is 30.3 Å². The van der Waals surface area contributed by atoms with Gasteiger partial charge < -0.3 is 18.9 Å². The number of sulfone groups is 1. The Hall–Kier alpha value is -2.46. The number of hydrogen-bond donors (Lipinski definition) is 0. The fourth-order valence-electron chi connectivity index (χ4n) is 4.98. The molecule has 1 unspecified atom stereocenters. The van der Waals surface area contributed by atoms with Crippen LogP contribution >= 0.6 is 0 Å². The summed E-state index contributed by atoms with van der Waals surface area (Å²) in [4.78, 5) is 15.3. The van der Waals surface area contributed by atoms with Crippen molar-refractivity contribution in [2.45, 2.75) is 87.2 Å². The Bertz CT molecular complexity index is 1130. The molecule has 2 aromatic carbocycles. The number of benzene rings is 2. The number of rotatable bonds is 9. The van der Waals surface area contributed by atoms with Gasteiger partial charge in [-0.3, -0.25) is 4.90 Å². The lowest BCUT2D eigenvalue weighted by molar-refractivity contribution is -0.169. The predicted molar refractivity (Wildman–Crippen MR) is 143 cm³/mol. The number of carbonyl (C=O) groups excluding carboxylic acids is 1. The molecule has 0 bridgehead atoms. The first kappa shape index (κ1) is 28.5. The lowest BCUT2D eigenvalue weighted by atomic mass is 10.2. The predicted octanol–water partition coefficient (Wildman–Crippen LogP) is 4.97. The first-order valence-electron chi connectivity index (χ1n) is 13.3. The number of likely N-dealkylation sites (tertiary alicyclic amines) is 1. The van der Waals surface area contributed by atoms with Gasteiger partial charge in [-0.25, -0.2) is 13.2 Å². The van der Waals surface area contributed by atoms with Gasteiger partial charge >= 0.3 is 6.09 Å². The lowest BCUT2D eigenvalue weighted by Crippen LogP contribution is -2.50. The van der Waals surface area contributed by atoms with Gasteiger partial charge in [-0.2, -0.15) is 0 Å². The Morgan fingerprint density at radius 2 is 1.68 bits per heavy atom. The molecular formula is C29H39NO7S. The first-order chi connectivity index (χ1) is 18.1. The van der Waals surface area contributed by atoms with E-state index in [0.29, 0.717) is 13.2 Å².